The normalized spacial score (nSPS) is 10.7. The van der Waals surface area contributed by atoms with Crippen LogP contribution in [-0.4, -0.2) is 20.7 Å². The molecule has 4 aromatic rings. The van der Waals surface area contributed by atoms with Crippen LogP contribution in [0, 0.1) is 5.82 Å². The first-order chi connectivity index (χ1) is 14.0. The summed E-state index contributed by atoms with van der Waals surface area (Å²) in [6.45, 7) is 1.52. The van der Waals surface area contributed by atoms with Crippen molar-refractivity contribution in [2.24, 2.45) is 0 Å². The van der Waals surface area contributed by atoms with Crippen molar-refractivity contribution in [2.75, 3.05) is 11.1 Å². The van der Waals surface area contributed by atoms with Gasteiger partial charge in [-0.15, -0.1) is 0 Å². The fraction of sp³-hybridized carbons (Fsp3) is 0.0476. The Labute approximate surface area is 170 Å². The molecule has 4 rings (SSSR count). The number of ketones is 1. The van der Waals surface area contributed by atoms with E-state index in [1.165, 1.54) is 30.4 Å². The zero-order valence-corrected chi connectivity index (χ0v) is 16.2. The summed E-state index contributed by atoms with van der Waals surface area (Å²) >= 11 is 1.30. The van der Waals surface area contributed by atoms with Crippen LogP contribution in [0.3, 0.4) is 0 Å². The molecule has 2 aromatic heterocycles. The van der Waals surface area contributed by atoms with Crippen molar-refractivity contribution in [3.63, 3.8) is 0 Å². The average molecular weight is 405 g/mol. The predicted octanol–water partition coefficient (Wildman–Crippen LogP) is 4.93. The highest BCUT2D eigenvalue weighted by atomic mass is 32.1. The Morgan fingerprint density at radius 2 is 1.90 bits per heavy atom. The number of anilines is 3. The van der Waals surface area contributed by atoms with Crippen molar-refractivity contribution < 1.29 is 9.18 Å². The molecule has 6 nitrogen and oxygen atoms in total. The molecule has 8 heteroatoms. The zero-order chi connectivity index (χ0) is 20.4. The quantitative estimate of drug-likeness (QED) is 0.457. The fourth-order valence-corrected chi connectivity index (χ4v) is 3.63. The van der Waals surface area contributed by atoms with Crippen LogP contribution >= 0.6 is 11.3 Å². The van der Waals surface area contributed by atoms with Crippen LogP contribution in [0.5, 0.6) is 0 Å². The lowest BCUT2D eigenvalue weighted by Gasteiger charge is -2.08. The molecule has 0 saturated heterocycles. The number of nitrogens with one attached hydrogen (secondary N) is 1. The molecule has 0 bridgehead atoms. The number of rotatable bonds is 5. The Balaban J connectivity index is 1.69. The summed E-state index contributed by atoms with van der Waals surface area (Å²) in [5.74, 6) is 0.0347. The third kappa shape index (κ3) is 4.12. The van der Waals surface area contributed by atoms with Gasteiger partial charge in [-0.1, -0.05) is 23.5 Å². The van der Waals surface area contributed by atoms with E-state index in [4.69, 9.17) is 5.73 Å². The van der Waals surface area contributed by atoms with Gasteiger partial charge in [-0.25, -0.2) is 19.3 Å². The van der Waals surface area contributed by atoms with Crippen molar-refractivity contribution in [1.29, 1.82) is 0 Å². The van der Waals surface area contributed by atoms with Gasteiger partial charge in [-0.3, -0.25) is 4.79 Å². The Morgan fingerprint density at radius 1 is 1.10 bits per heavy atom. The highest BCUT2D eigenvalue weighted by Gasteiger charge is 2.16. The van der Waals surface area contributed by atoms with E-state index in [1.807, 2.05) is 6.07 Å². The molecule has 0 aliphatic rings. The van der Waals surface area contributed by atoms with Gasteiger partial charge in [-0.05, 0) is 49.4 Å². The summed E-state index contributed by atoms with van der Waals surface area (Å²) in [5.41, 5.74) is 9.26. The Kier molecular flexibility index (Phi) is 5.01. The highest BCUT2D eigenvalue weighted by molar-refractivity contribution is 7.19. The van der Waals surface area contributed by atoms with Crippen LogP contribution in [0.2, 0.25) is 0 Å². The van der Waals surface area contributed by atoms with Gasteiger partial charge in [0, 0.05) is 23.0 Å². The molecule has 0 saturated carbocycles. The molecular weight excluding hydrogens is 389 g/mol. The van der Waals surface area contributed by atoms with E-state index in [2.05, 4.69) is 20.3 Å². The number of Topliss-reactive ketones (excluding diaryl/α,β-unsaturated/α-hetero) is 1. The number of benzene rings is 2. The van der Waals surface area contributed by atoms with Gasteiger partial charge in [-0.2, -0.15) is 0 Å². The Morgan fingerprint density at radius 3 is 2.66 bits per heavy atom. The minimum Gasteiger partial charge on any atom is -0.375 e. The second-order valence-electron chi connectivity index (χ2n) is 6.26. The summed E-state index contributed by atoms with van der Waals surface area (Å²) in [6, 6.07) is 14.9. The zero-order valence-electron chi connectivity index (χ0n) is 15.4. The molecule has 0 aliphatic heterocycles. The van der Waals surface area contributed by atoms with Gasteiger partial charge in [0.05, 0.1) is 16.3 Å². The molecule has 3 N–H and O–H groups in total. The number of nitrogens with zero attached hydrogens (tertiary/aromatic N) is 3. The number of aromatic nitrogens is 3. The topological polar surface area (TPSA) is 93.8 Å². The van der Waals surface area contributed by atoms with Crippen molar-refractivity contribution in [3.8, 4) is 21.8 Å². The van der Waals surface area contributed by atoms with Gasteiger partial charge in [0.25, 0.3) is 0 Å². The smallest absolute Gasteiger partial charge is 0.227 e. The predicted molar refractivity (Wildman–Crippen MR) is 113 cm³/mol. The summed E-state index contributed by atoms with van der Waals surface area (Å²) in [7, 11) is 0. The number of carbonyl (C=O) groups is 1. The summed E-state index contributed by atoms with van der Waals surface area (Å²) in [6.07, 6.45) is 1.63. The number of hydrogen-bond donors (Lipinski definition) is 2. The second kappa shape index (κ2) is 7.76. The lowest BCUT2D eigenvalue weighted by atomic mass is 10.1. The van der Waals surface area contributed by atoms with E-state index in [1.54, 1.807) is 42.6 Å². The number of nitrogens with two attached hydrogens (primary N) is 1. The SMILES string of the molecule is CC(=O)c1cccc(Nc2nccc(-c3sc(N)nc3-c3ccc(F)cc3)n2)c1. The van der Waals surface area contributed by atoms with E-state index in [9.17, 15) is 9.18 Å². The lowest BCUT2D eigenvalue weighted by Crippen LogP contribution is -1.99. The first-order valence-corrected chi connectivity index (χ1v) is 9.55. The number of thiazole rings is 1. The molecule has 0 fully saturated rings. The molecule has 2 aromatic carbocycles. The lowest BCUT2D eigenvalue weighted by molar-refractivity contribution is 0.101. The fourth-order valence-electron chi connectivity index (χ4n) is 2.80. The third-order valence-corrected chi connectivity index (χ3v) is 5.08. The highest BCUT2D eigenvalue weighted by Crippen LogP contribution is 2.37. The van der Waals surface area contributed by atoms with Crippen molar-refractivity contribution in [1.82, 2.24) is 15.0 Å². The van der Waals surface area contributed by atoms with E-state index in [0.29, 0.717) is 33.7 Å². The van der Waals surface area contributed by atoms with Crippen LogP contribution in [-0.2, 0) is 0 Å². The number of hydrogen-bond acceptors (Lipinski definition) is 7. The van der Waals surface area contributed by atoms with E-state index in [-0.39, 0.29) is 11.6 Å². The molecule has 0 aliphatic carbocycles. The van der Waals surface area contributed by atoms with Crippen LogP contribution in [0.25, 0.3) is 21.8 Å². The van der Waals surface area contributed by atoms with Crippen LogP contribution in [0.15, 0.2) is 60.8 Å². The van der Waals surface area contributed by atoms with Gasteiger partial charge in [0.2, 0.25) is 5.95 Å². The summed E-state index contributed by atoms with van der Waals surface area (Å²) in [4.78, 5) is 25.5. The number of carbonyl (C=O) groups excluding carboxylic acids is 1. The van der Waals surface area contributed by atoms with Crippen molar-refractivity contribution >= 4 is 33.9 Å². The van der Waals surface area contributed by atoms with E-state index in [0.717, 1.165) is 10.4 Å². The van der Waals surface area contributed by atoms with E-state index >= 15 is 0 Å². The average Bonchev–Trinajstić information content (AvgIpc) is 3.11. The maximum absolute atomic E-state index is 13.3. The largest absolute Gasteiger partial charge is 0.375 e. The maximum atomic E-state index is 13.3. The minimum atomic E-state index is -0.320. The molecule has 0 atom stereocenters. The summed E-state index contributed by atoms with van der Waals surface area (Å²) < 4.78 is 13.3. The molecule has 144 valence electrons. The molecule has 0 spiro atoms. The Hall–Kier alpha value is -3.65. The molecular formula is C21H16FN5OS. The third-order valence-electron chi connectivity index (χ3n) is 4.17. The Bertz CT molecular complexity index is 1190. The van der Waals surface area contributed by atoms with Crippen LogP contribution in [0.4, 0.5) is 21.2 Å². The van der Waals surface area contributed by atoms with Crippen LogP contribution < -0.4 is 11.1 Å². The van der Waals surface area contributed by atoms with Gasteiger partial charge >= 0.3 is 0 Å². The van der Waals surface area contributed by atoms with E-state index < -0.39 is 0 Å². The summed E-state index contributed by atoms with van der Waals surface area (Å²) in [5, 5.41) is 3.50. The first kappa shape index (κ1) is 18.7. The van der Waals surface area contributed by atoms with Crippen molar-refractivity contribution in [3.05, 3.63) is 72.2 Å². The number of halogens is 1. The van der Waals surface area contributed by atoms with Gasteiger partial charge in [0.1, 0.15) is 5.82 Å². The monoisotopic (exact) mass is 405 g/mol. The van der Waals surface area contributed by atoms with Crippen molar-refractivity contribution in [2.45, 2.75) is 6.92 Å². The molecule has 0 unspecified atom stereocenters. The maximum Gasteiger partial charge on any atom is 0.227 e. The molecule has 0 radical (unpaired) electrons. The molecule has 29 heavy (non-hydrogen) atoms. The first-order valence-electron chi connectivity index (χ1n) is 8.73. The number of nitrogen functional groups attached to an aromatic ring is 1. The standard InChI is InChI=1S/C21H16FN5OS/c1-12(28)14-3-2-4-16(11-14)25-21-24-10-9-17(26-21)19-18(27-20(23)29-19)13-5-7-15(22)8-6-13/h2-11H,1H3,(H2,23,27)(H,24,25,26). The molecule has 0 amide bonds. The van der Waals surface area contributed by atoms with Gasteiger partial charge in [0.15, 0.2) is 10.9 Å². The minimum absolute atomic E-state index is 0.0209. The van der Waals surface area contributed by atoms with Crippen LogP contribution in [0.1, 0.15) is 17.3 Å². The molecule has 2 heterocycles. The second-order valence-corrected chi connectivity index (χ2v) is 7.29. The van der Waals surface area contributed by atoms with Gasteiger partial charge < -0.3 is 11.1 Å².